The van der Waals surface area contributed by atoms with Gasteiger partial charge >= 0.3 is 12.0 Å². The number of aliphatic carboxylic acids is 1. The van der Waals surface area contributed by atoms with Crippen LogP contribution in [0.25, 0.3) is 0 Å². The Bertz CT molecular complexity index is 620. The molecule has 3 N–H and O–H groups in total. The number of carbonyl (C=O) groups excluding carboxylic acids is 2. The highest BCUT2D eigenvalue weighted by molar-refractivity contribution is 5.91. The van der Waals surface area contributed by atoms with Crippen LogP contribution in [-0.2, 0) is 9.59 Å². The van der Waals surface area contributed by atoms with Gasteiger partial charge in [-0.05, 0) is 50.4 Å². The van der Waals surface area contributed by atoms with Gasteiger partial charge in [0.2, 0.25) is 5.91 Å². The minimum atomic E-state index is -0.964. The lowest BCUT2D eigenvalue weighted by Gasteiger charge is -2.35. The maximum Gasteiger partial charge on any atom is 0.326 e. The van der Waals surface area contributed by atoms with Gasteiger partial charge in [-0.1, -0.05) is 34.1 Å². The lowest BCUT2D eigenvalue weighted by atomic mass is 9.85. The molecule has 1 aliphatic carbocycles. The van der Waals surface area contributed by atoms with E-state index < -0.39 is 35.0 Å². The molecule has 0 aromatic heterocycles. The number of carboxylic acid groups (broad SMARTS) is 1. The summed E-state index contributed by atoms with van der Waals surface area (Å²) in [6, 6.07) is -2.03. The normalized spacial score (nSPS) is 28.8. The standard InChI is InChI=1S/C20H35N3O4/c1-8-12-9-20(12)10-13(16(25)26)23(11-20)15(24)14(18(2,3)4)21-17(27)22-19(5,6)7/h12-14H,8-11H2,1-7H3,(H,25,26)(H2,21,22,27)/t12-,13-,14+,20+/m0/s1. The highest BCUT2D eigenvalue weighted by atomic mass is 16.4. The van der Waals surface area contributed by atoms with E-state index in [1.807, 2.05) is 41.5 Å². The second kappa shape index (κ2) is 6.99. The third kappa shape index (κ3) is 4.74. The fourth-order valence-corrected chi connectivity index (χ4v) is 4.24. The number of hydrogen-bond donors (Lipinski definition) is 3. The molecule has 2 aliphatic rings. The second-order valence-corrected chi connectivity index (χ2v) is 10.3. The summed E-state index contributed by atoms with van der Waals surface area (Å²) in [5, 5.41) is 15.3. The van der Waals surface area contributed by atoms with Crippen LogP contribution in [0.5, 0.6) is 0 Å². The number of rotatable bonds is 4. The molecule has 7 heteroatoms. The van der Waals surface area contributed by atoms with Gasteiger partial charge in [0.05, 0.1) is 0 Å². The van der Waals surface area contributed by atoms with Crippen LogP contribution in [0.4, 0.5) is 4.79 Å². The Morgan fingerprint density at radius 2 is 1.74 bits per heavy atom. The minimum Gasteiger partial charge on any atom is -0.480 e. The molecule has 4 atom stereocenters. The first kappa shape index (κ1) is 21.5. The van der Waals surface area contributed by atoms with E-state index in [-0.39, 0.29) is 11.3 Å². The fourth-order valence-electron chi connectivity index (χ4n) is 4.24. The molecule has 0 unspecified atom stereocenters. The maximum atomic E-state index is 13.3. The Kier molecular flexibility index (Phi) is 5.56. The van der Waals surface area contributed by atoms with Gasteiger partial charge in [-0.25, -0.2) is 9.59 Å². The zero-order valence-corrected chi connectivity index (χ0v) is 17.7. The van der Waals surface area contributed by atoms with Gasteiger partial charge in [-0.15, -0.1) is 0 Å². The molecule has 1 aliphatic heterocycles. The molecule has 2 rings (SSSR count). The summed E-state index contributed by atoms with van der Waals surface area (Å²) in [6.07, 6.45) is 2.50. The Hall–Kier alpha value is -1.79. The van der Waals surface area contributed by atoms with E-state index in [0.29, 0.717) is 18.9 Å². The molecule has 0 aromatic rings. The molecule has 3 amide bonds. The fraction of sp³-hybridized carbons (Fsp3) is 0.850. The third-order valence-corrected chi connectivity index (χ3v) is 5.76. The van der Waals surface area contributed by atoms with Gasteiger partial charge in [0.25, 0.3) is 0 Å². The van der Waals surface area contributed by atoms with Gasteiger partial charge in [-0.3, -0.25) is 4.79 Å². The van der Waals surface area contributed by atoms with Crippen LogP contribution in [0.1, 0.15) is 67.7 Å². The van der Waals surface area contributed by atoms with Gasteiger partial charge in [0.1, 0.15) is 12.1 Å². The number of nitrogens with zero attached hydrogens (tertiary/aromatic N) is 1. The van der Waals surface area contributed by atoms with Crippen LogP contribution >= 0.6 is 0 Å². The van der Waals surface area contributed by atoms with Crippen molar-refractivity contribution < 1.29 is 19.5 Å². The van der Waals surface area contributed by atoms with E-state index in [0.717, 1.165) is 12.8 Å². The largest absolute Gasteiger partial charge is 0.480 e. The zero-order chi connectivity index (χ0) is 20.8. The Labute approximate surface area is 162 Å². The molecular weight excluding hydrogens is 346 g/mol. The van der Waals surface area contributed by atoms with Gasteiger partial charge in [0, 0.05) is 12.1 Å². The van der Waals surface area contributed by atoms with E-state index >= 15 is 0 Å². The Balaban J connectivity index is 2.21. The van der Waals surface area contributed by atoms with E-state index in [2.05, 4.69) is 17.6 Å². The number of carboxylic acids is 1. The lowest BCUT2D eigenvalue weighted by Crippen LogP contribution is -2.60. The van der Waals surface area contributed by atoms with Crippen molar-refractivity contribution in [3.05, 3.63) is 0 Å². The lowest BCUT2D eigenvalue weighted by molar-refractivity contribution is -0.150. The smallest absolute Gasteiger partial charge is 0.326 e. The molecule has 154 valence electrons. The third-order valence-electron chi connectivity index (χ3n) is 5.76. The van der Waals surface area contributed by atoms with Crippen LogP contribution in [0.3, 0.4) is 0 Å². The van der Waals surface area contributed by atoms with Gasteiger partial charge in [-0.2, -0.15) is 0 Å². The summed E-state index contributed by atoms with van der Waals surface area (Å²) in [4.78, 5) is 39.0. The van der Waals surface area contributed by atoms with Crippen LogP contribution < -0.4 is 10.6 Å². The summed E-state index contributed by atoms with van der Waals surface area (Å²) in [5.41, 5.74) is -1.03. The summed E-state index contributed by atoms with van der Waals surface area (Å²) >= 11 is 0. The number of amides is 3. The molecule has 0 aromatic carbocycles. The number of likely N-dealkylation sites (tertiary alicyclic amines) is 1. The first-order valence-electron chi connectivity index (χ1n) is 9.82. The first-order chi connectivity index (χ1) is 12.2. The van der Waals surface area contributed by atoms with E-state index in [1.54, 1.807) is 0 Å². The predicted molar refractivity (Wildman–Crippen MR) is 103 cm³/mol. The second-order valence-electron chi connectivity index (χ2n) is 10.3. The van der Waals surface area contributed by atoms with Gasteiger partial charge < -0.3 is 20.6 Å². The van der Waals surface area contributed by atoms with Crippen LogP contribution in [0, 0.1) is 16.7 Å². The zero-order valence-electron chi connectivity index (χ0n) is 17.7. The Morgan fingerprint density at radius 3 is 2.15 bits per heavy atom. The minimum absolute atomic E-state index is 0.0520. The monoisotopic (exact) mass is 381 g/mol. The summed E-state index contributed by atoms with van der Waals surface area (Å²) in [6.45, 7) is 13.8. The summed E-state index contributed by atoms with van der Waals surface area (Å²) < 4.78 is 0. The van der Waals surface area contributed by atoms with Crippen molar-refractivity contribution in [3.63, 3.8) is 0 Å². The molecule has 1 saturated carbocycles. The molecule has 1 heterocycles. The van der Waals surface area contributed by atoms with Crippen molar-refractivity contribution in [2.24, 2.45) is 16.7 Å². The Morgan fingerprint density at radius 1 is 1.15 bits per heavy atom. The highest BCUT2D eigenvalue weighted by Gasteiger charge is 2.62. The maximum absolute atomic E-state index is 13.3. The summed E-state index contributed by atoms with van der Waals surface area (Å²) in [7, 11) is 0. The van der Waals surface area contributed by atoms with Crippen molar-refractivity contribution in [3.8, 4) is 0 Å². The van der Waals surface area contributed by atoms with Crippen LogP contribution in [0.2, 0.25) is 0 Å². The molecular formula is C20H35N3O4. The molecule has 27 heavy (non-hydrogen) atoms. The summed E-state index contributed by atoms with van der Waals surface area (Å²) in [5.74, 6) is -0.784. The highest BCUT2D eigenvalue weighted by Crippen LogP contribution is 2.61. The van der Waals surface area contributed by atoms with Crippen LogP contribution in [0.15, 0.2) is 0 Å². The molecule has 0 radical (unpaired) electrons. The van der Waals surface area contributed by atoms with Crippen LogP contribution in [-0.4, -0.2) is 52.1 Å². The van der Waals surface area contributed by atoms with Crippen molar-refractivity contribution in [2.45, 2.75) is 85.4 Å². The van der Waals surface area contributed by atoms with Gasteiger partial charge in [0.15, 0.2) is 0 Å². The van der Waals surface area contributed by atoms with Crippen molar-refractivity contribution in [2.75, 3.05) is 6.54 Å². The average molecular weight is 382 g/mol. The molecule has 0 bridgehead atoms. The van der Waals surface area contributed by atoms with Crippen molar-refractivity contribution >= 4 is 17.9 Å². The van der Waals surface area contributed by atoms with E-state index in [1.165, 1.54) is 4.90 Å². The number of nitrogens with one attached hydrogen (secondary N) is 2. The number of urea groups is 1. The molecule has 1 saturated heterocycles. The van der Waals surface area contributed by atoms with E-state index in [4.69, 9.17) is 0 Å². The molecule has 1 spiro atoms. The number of carbonyl (C=O) groups is 3. The quantitative estimate of drug-likeness (QED) is 0.697. The molecule has 7 nitrogen and oxygen atoms in total. The molecule has 2 fully saturated rings. The van der Waals surface area contributed by atoms with Crippen molar-refractivity contribution in [1.29, 1.82) is 0 Å². The number of hydrogen-bond acceptors (Lipinski definition) is 3. The first-order valence-corrected chi connectivity index (χ1v) is 9.82. The predicted octanol–water partition coefficient (Wildman–Crippen LogP) is 2.60. The topological polar surface area (TPSA) is 98.7 Å². The average Bonchev–Trinajstić information content (AvgIpc) is 3.01. The van der Waals surface area contributed by atoms with E-state index in [9.17, 15) is 19.5 Å². The van der Waals surface area contributed by atoms with Crippen molar-refractivity contribution in [1.82, 2.24) is 15.5 Å². The SMILES string of the molecule is CC[C@H]1C[C@]12C[C@@H](C(=O)O)N(C(=O)[C@@H](NC(=O)NC(C)(C)C)C(C)(C)C)C2.